The maximum absolute atomic E-state index is 5.93. The largest absolute Gasteiger partial charge is 0.355 e. The van der Waals surface area contributed by atoms with Crippen molar-refractivity contribution in [2.75, 3.05) is 11.9 Å². The van der Waals surface area contributed by atoms with Crippen molar-refractivity contribution in [2.45, 2.75) is 13.3 Å². The molecule has 1 N–H and O–H groups in total. The number of hydrogen-bond donors (Lipinski definition) is 1. The monoisotopic (exact) mass is 313 g/mol. The van der Waals surface area contributed by atoms with E-state index in [9.17, 15) is 0 Å². The number of aromatic nitrogens is 2. The van der Waals surface area contributed by atoms with E-state index in [0.29, 0.717) is 5.02 Å². The second-order valence-corrected chi connectivity index (χ2v) is 4.93. The van der Waals surface area contributed by atoms with Gasteiger partial charge in [0.05, 0.1) is 5.69 Å². The summed E-state index contributed by atoms with van der Waals surface area (Å²) in [5.74, 6) is 0.842. The zero-order valence-corrected chi connectivity index (χ0v) is 11.8. The van der Waals surface area contributed by atoms with E-state index in [2.05, 4.69) is 33.2 Å². The number of hydrogen-bond acceptors (Lipinski definition) is 2. The lowest BCUT2D eigenvalue weighted by Crippen LogP contribution is -2.07. The van der Waals surface area contributed by atoms with Gasteiger partial charge < -0.3 is 5.32 Å². The van der Waals surface area contributed by atoms with Gasteiger partial charge in [0, 0.05) is 28.4 Å². The van der Waals surface area contributed by atoms with Crippen LogP contribution in [0.15, 0.2) is 35.1 Å². The fourth-order valence-corrected chi connectivity index (χ4v) is 2.42. The van der Waals surface area contributed by atoms with E-state index in [4.69, 9.17) is 11.6 Å². The van der Waals surface area contributed by atoms with E-state index >= 15 is 0 Å². The standard InChI is InChI=1S/C12H13BrClN3/c1-2-5-15-12-16-6-7-17(12)11-4-3-9(14)8-10(11)13/h3-4,6-8H,2,5H2,1H3,(H,15,16). The lowest BCUT2D eigenvalue weighted by molar-refractivity contribution is 0.935. The minimum absolute atomic E-state index is 0.712. The molecule has 17 heavy (non-hydrogen) atoms. The first-order valence-corrected chi connectivity index (χ1v) is 6.62. The summed E-state index contributed by atoms with van der Waals surface area (Å²) in [7, 11) is 0. The van der Waals surface area contributed by atoms with E-state index in [1.54, 1.807) is 6.20 Å². The van der Waals surface area contributed by atoms with Crippen LogP contribution in [0, 0.1) is 0 Å². The molecule has 1 heterocycles. The Morgan fingerprint density at radius 2 is 2.29 bits per heavy atom. The van der Waals surface area contributed by atoms with Gasteiger partial charge in [-0.05, 0) is 40.5 Å². The number of nitrogens with one attached hydrogen (secondary N) is 1. The van der Waals surface area contributed by atoms with Gasteiger partial charge in [0.15, 0.2) is 0 Å². The Kier molecular flexibility index (Phi) is 4.07. The Morgan fingerprint density at radius 3 is 3.00 bits per heavy atom. The maximum Gasteiger partial charge on any atom is 0.207 e. The lowest BCUT2D eigenvalue weighted by atomic mass is 10.3. The smallest absolute Gasteiger partial charge is 0.207 e. The third kappa shape index (κ3) is 2.82. The highest BCUT2D eigenvalue weighted by Gasteiger charge is 2.07. The molecule has 0 fully saturated rings. The number of halogens is 2. The van der Waals surface area contributed by atoms with Crippen molar-refractivity contribution in [2.24, 2.45) is 0 Å². The van der Waals surface area contributed by atoms with Crippen LogP contribution in [0.1, 0.15) is 13.3 Å². The predicted octanol–water partition coefficient (Wildman–Crippen LogP) is 4.11. The van der Waals surface area contributed by atoms with Crippen LogP contribution in [0.3, 0.4) is 0 Å². The van der Waals surface area contributed by atoms with Crippen LogP contribution in [-0.4, -0.2) is 16.1 Å². The molecule has 0 saturated heterocycles. The van der Waals surface area contributed by atoms with Crippen molar-refractivity contribution >= 4 is 33.5 Å². The van der Waals surface area contributed by atoms with Crippen molar-refractivity contribution in [3.63, 3.8) is 0 Å². The third-order valence-electron chi connectivity index (χ3n) is 2.34. The molecule has 0 spiro atoms. The number of nitrogens with zero attached hydrogens (tertiary/aromatic N) is 2. The number of rotatable bonds is 4. The Labute approximate surface area is 114 Å². The quantitative estimate of drug-likeness (QED) is 0.920. The van der Waals surface area contributed by atoms with Crippen LogP contribution < -0.4 is 5.32 Å². The van der Waals surface area contributed by atoms with Gasteiger partial charge in [-0.1, -0.05) is 18.5 Å². The molecule has 1 aromatic heterocycles. The molecule has 0 bridgehead atoms. The van der Waals surface area contributed by atoms with Crippen molar-refractivity contribution in [3.05, 3.63) is 40.1 Å². The normalized spacial score (nSPS) is 10.5. The van der Waals surface area contributed by atoms with Gasteiger partial charge in [-0.25, -0.2) is 4.98 Å². The van der Waals surface area contributed by atoms with Gasteiger partial charge in [-0.3, -0.25) is 4.57 Å². The molecule has 0 amide bonds. The molecule has 0 aliphatic rings. The van der Waals surface area contributed by atoms with E-state index in [-0.39, 0.29) is 0 Å². The Morgan fingerprint density at radius 1 is 1.47 bits per heavy atom. The summed E-state index contributed by atoms with van der Waals surface area (Å²) in [5.41, 5.74) is 1.02. The fraction of sp³-hybridized carbons (Fsp3) is 0.250. The van der Waals surface area contributed by atoms with Crippen LogP contribution >= 0.6 is 27.5 Å². The molecule has 0 radical (unpaired) electrons. The highest BCUT2D eigenvalue weighted by molar-refractivity contribution is 9.10. The van der Waals surface area contributed by atoms with Gasteiger partial charge in [-0.2, -0.15) is 0 Å². The van der Waals surface area contributed by atoms with Crippen molar-refractivity contribution < 1.29 is 0 Å². The van der Waals surface area contributed by atoms with Crippen LogP contribution in [0.2, 0.25) is 5.02 Å². The SMILES string of the molecule is CCCNc1nccn1-c1ccc(Cl)cc1Br. The van der Waals surface area contributed by atoms with Crippen molar-refractivity contribution in [1.82, 2.24) is 9.55 Å². The van der Waals surface area contributed by atoms with Gasteiger partial charge in [-0.15, -0.1) is 0 Å². The van der Waals surface area contributed by atoms with Crippen LogP contribution in [-0.2, 0) is 0 Å². The van der Waals surface area contributed by atoms with Gasteiger partial charge >= 0.3 is 0 Å². The Bertz CT molecular complexity index is 510. The number of imidazole rings is 1. The Hall–Kier alpha value is -1.000. The minimum atomic E-state index is 0.712. The van der Waals surface area contributed by atoms with Crippen LogP contribution in [0.5, 0.6) is 0 Å². The number of anilines is 1. The molecule has 0 aliphatic carbocycles. The second kappa shape index (κ2) is 5.56. The van der Waals surface area contributed by atoms with Crippen molar-refractivity contribution in [1.29, 1.82) is 0 Å². The molecule has 0 aliphatic heterocycles. The Balaban J connectivity index is 2.35. The first-order chi connectivity index (χ1) is 8.22. The minimum Gasteiger partial charge on any atom is -0.355 e. The van der Waals surface area contributed by atoms with Crippen LogP contribution in [0.4, 0.5) is 5.95 Å². The van der Waals surface area contributed by atoms with Gasteiger partial charge in [0.25, 0.3) is 0 Å². The average Bonchev–Trinajstić information content (AvgIpc) is 2.74. The van der Waals surface area contributed by atoms with E-state index in [1.165, 1.54) is 0 Å². The highest BCUT2D eigenvalue weighted by Crippen LogP contribution is 2.26. The zero-order chi connectivity index (χ0) is 12.3. The molecule has 0 saturated carbocycles. The van der Waals surface area contributed by atoms with Gasteiger partial charge in [0.1, 0.15) is 0 Å². The van der Waals surface area contributed by atoms with Crippen LogP contribution in [0.25, 0.3) is 5.69 Å². The summed E-state index contributed by atoms with van der Waals surface area (Å²) in [6.45, 7) is 3.03. The zero-order valence-electron chi connectivity index (χ0n) is 9.45. The topological polar surface area (TPSA) is 29.9 Å². The maximum atomic E-state index is 5.93. The van der Waals surface area contributed by atoms with E-state index in [1.807, 2.05) is 29.0 Å². The second-order valence-electron chi connectivity index (χ2n) is 3.64. The summed E-state index contributed by atoms with van der Waals surface area (Å²) in [6.07, 6.45) is 4.76. The molecular weight excluding hydrogens is 302 g/mol. The average molecular weight is 315 g/mol. The molecule has 2 rings (SSSR count). The number of benzene rings is 1. The molecule has 90 valence electrons. The molecule has 1 aromatic carbocycles. The predicted molar refractivity (Wildman–Crippen MR) is 75.1 cm³/mol. The van der Waals surface area contributed by atoms with Crippen molar-refractivity contribution in [3.8, 4) is 5.69 Å². The van der Waals surface area contributed by atoms with E-state index < -0.39 is 0 Å². The summed E-state index contributed by atoms with van der Waals surface area (Å²) in [6, 6.07) is 5.71. The summed E-state index contributed by atoms with van der Waals surface area (Å²) >= 11 is 9.44. The summed E-state index contributed by atoms with van der Waals surface area (Å²) < 4.78 is 2.94. The first kappa shape index (κ1) is 12.5. The molecular formula is C12H13BrClN3. The molecule has 5 heteroatoms. The molecule has 2 aromatic rings. The summed E-state index contributed by atoms with van der Waals surface area (Å²) in [4.78, 5) is 4.29. The lowest BCUT2D eigenvalue weighted by Gasteiger charge is -2.11. The van der Waals surface area contributed by atoms with Gasteiger partial charge in [0.2, 0.25) is 5.95 Å². The molecule has 3 nitrogen and oxygen atoms in total. The third-order valence-corrected chi connectivity index (χ3v) is 3.21. The summed E-state index contributed by atoms with van der Waals surface area (Å²) in [5, 5.41) is 3.99. The molecule has 0 unspecified atom stereocenters. The fourth-order valence-electron chi connectivity index (χ4n) is 1.54. The first-order valence-electron chi connectivity index (χ1n) is 5.45. The van der Waals surface area contributed by atoms with E-state index in [0.717, 1.165) is 29.1 Å². The molecule has 0 atom stereocenters. The highest BCUT2D eigenvalue weighted by atomic mass is 79.9.